The Balaban J connectivity index is 1.68. The van der Waals surface area contributed by atoms with Gasteiger partial charge in [-0.1, -0.05) is 44.9 Å². The molecule has 4 aromatic rings. The maximum atomic E-state index is 9.14. The number of nitriles is 2. The third kappa shape index (κ3) is 3.10. The van der Waals surface area contributed by atoms with Gasteiger partial charge in [0.05, 0.1) is 11.7 Å². The van der Waals surface area contributed by atoms with Crippen molar-refractivity contribution in [3.05, 3.63) is 40.8 Å². The van der Waals surface area contributed by atoms with E-state index in [0.717, 1.165) is 22.2 Å². The maximum absolute atomic E-state index is 9.14. The molecule has 0 radical (unpaired) electrons. The van der Waals surface area contributed by atoms with Gasteiger partial charge >= 0.3 is 0 Å². The summed E-state index contributed by atoms with van der Waals surface area (Å²) in [7, 11) is -1.72. The zero-order chi connectivity index (χ0) is 22.3. The van der Waals surface area contributed by atoms with Crippen molar-refractivity contribution in [2.75, 3.05) is 0 Å². The second-order valence-corrected chi connectivity index (χ2v) is 14.8. The largest absolute Gasteiger partial charge is 0.192 e. The number of aromatic nitrogens is 2. The molecule has 1 aliphatic heterocycles. The number of hydrogen-bond donors (Lipinski definition) is 0. The van der Waals surface area contributed by atoms with Crippen LogP contribution in [0.15, 0.2) is 35.2 Å². The van der Waals surface area contributed by atoms with E-state index < -0.39 is 8.07 Å². The maximum Gasteiger partial charge on any atom is 0.130 e. The van der Waals surface area contributed by atoms with Gasteiger partial charge in [0.25, 0.3) is 0 Å². The van der Waals surface area contributed by atoms with Gasteiger partial charge < -0.3 is 0 Å². The van der Waals surface area contributed by atoms with Gasteiger partial charge in [0.15, 0.2) is 0 Å². The third-order valence-electron chi connectivity index (χ3n) is 6.24. The highest BCUT2D eigenvalue weighted by Gasteiger charge is 2.46. The van der Waals surface area contributed by atoms with Crippen LogP contribution in [0.1, 0.15) is 32.3 Å². The number of allylic oxidation sites excluding steroid dienone is 1. The highest BCUT2D eigenvalue weighted by atomic mass is 32.1. The molecule has 4 nitrogen and oxygen atoms in total. The van der Waals surface area contributed by atoms with Gasteiger partial charge in [0.1, 0.15) is 36.8 Å². The third-order valence-corrected chi connectivity index (χ3v) is 15.0. The van der Waals surface area contributed by atoms with Crippen molar-refractivity contribution >= 4 is 70.0 Å². The summed E-state index contributed by atoms with van der Waals surface area (Å²) in [6, 6.07) is 15.3. The monoisotopic (exact) mass is 488 g/mol. The first-order chi connectivity index (χ1) is 15.7. The molecule has 0 fully saturated rings. The van der Waals surface area contributed by atoms with Crippen molar-refractivity contribution < 1.29 is 0 Å². The molecule has 158 valence electrons. The lowest BCUT2D eigenvalue weighted by Gasteiger charge is -2.27. The van der Waals surface area contributed by atoms with Crippen molar-refractivity contribution in [3.8, 4) is 32.3 Å². The van der Waals surface area contributed by atoms with Crippen LogP contribution >= 0.6 is 34.4 Å². The molecule has 1 aliphatic rings. The molecule has 0 N–H and O–H groups in total. The zero-order valence-corrected chi connectivity index (χ0v) is 21.3. The summed E-state index contributed by atoms with van der Waals surface area (Å²) in [5.41, 5.74) is 3.54. The van der Waals surface area contributed by atoms with Gasteiger partial charge in [0, 0.05) is 25.8 Å². The fourth-order valence-electron chi connectivity index (χ4n) is 5.02. The van der Waals surface area contributed by atoms with E-state index in [1.165, 1.54) is 51.3 Å². The quantitative estimate of drug-likeness (QED) is 0.237. The second kappa shape index (κ2) is 8.38. The molecule has 4 heterocycles. The van der Waals surface area contributed by atoms with Crippen LogP contribution in [0.4, 0.5) is 0 Å². The number of fused-ring (bicyclic) bond motifs is 4. The van der Waals surface area contributed by atoms with Crippen LogP contribution in [-0.2, 0) is 0 Å². The van der Waals surface area contributed by atoms with Crippen LogP contribution < -0.4 is 10.4 Å². The molecule has 0 unspecified atom stereocenters. The predicted molar refractivity (Wildman–Crippen MR) is 138 cm³/mol. The average Bonchev–Trinajstić information content (AvgIpc) is 3.57. The predicted octanol–water partition coefficient (Wildman–Crippen LogP) is 6.28. The Morgan fingerprint density at radius 3 is 2.47 bits per heavy atom. The zero-order valence-electron chi connectivity index (χ0n) is 17.8. The minimum Gasteiger partial charge on any atom is -0.192 e. The first-order valence-corrected chi connectivity index (χ1v) is 15.5. The fourth-order valence-corrected chi connectivity index (χ4v) is 14.8. The SMILES string of the molecule is CCC[Si]1(CCC)c2ccsc2-c2sc(-c3ccc(C=C(C#N)C#N)c4nsnc34)cc21. The minimum atomic E-state index is -1.72. The van der Waals surface area contributed by atoms with E-state index >= 15 is 0 Å². The number of thiophene rings is 2. The van der Waals surface area contributed by atoms with Gasteiger partial charge in [-0.2, -0.15) is 19.3 Å². The number of benzene rings is 1. The van der Waals surface area contributed by atoms with E-state index in [1.807, 2.05) is 40.9 Å². The van der Waals surface area contributed by atoms with Crippen LogP contribution in [0.5, 0.6) is 0 Å². The second-order valence-electron chi connectivity index (χ2n) is 8.04. The molecule has 8 heteroatoms. The van der Waals surface area contributed by atoms with Gasteiger partial charge in [-0.05, 0) is 40.0 Å². The molecule has 0 saturated carbocycles. The fraction of sp³-hybridized carbons (Fsp3) is 0.250. The van der Waals surface area contributed by atoms with E-state index in [1.54, 1.807) is 16.4 Å². The molecular formula is C24H20N4S3Si. The standard InChI is InChI=1S/C24H20N4S3Si/c1-3-9-32(10-4-2)19-7-8-29-23(19)24-20(32)12-18(30-24)17-6-5-16(11-15(13-25)14-26)21-22(17)28-31-27-21/h5-8,11-12H,3-4,9-10H2,1-2H3. The summed E-state index contributed by atoms with van der Waals surface area (Å²) in [5, 5.41) is 23.8. The highest BCUT2D eigenvalue weighted by Crippen LogP contribution is 2.45. The van der Waals surface area contributed by atoms with E-state index in [4.69, 9.17) is 10.5 Å². The lowest BCUT2D eigenvalue weighted by molar-refractivity contribution is 0.999. The van der Waals surface area contributed by atoms with Crippen LogP contribution in [0, 0.1) is 22.7 Å². The Bertz CT molecular complexity index is 1420. The van der Waals surface area contributed by atoms with Crippen molar-refractivity contribution in [2.45, 2.75) is 38.8 Å². The average molecular weight is 489 g/mol. The molecule has 0 saturated heterocycles. The lowest BCUT2D eigenvalue weighted by atomic mass is 10.1. The van der Waals surface area contributed by atoms with Crippen LogP contribution in [-0.4, -0.2) is 16.8 Å². The molecule has 1 aromatic carbocycles. The summed E-state index contributed by atoms with van der Waals surface area (Å²) < 4.78 is 9.08. The van der Waals surface area contributed by atoms with Crippen molar-refractivity contribution in [1.29, 1.82) is 10.5 Å². The van der Waals surface area contributed by atoms with E-state index in [0.29, 0.717) is 0 Å². The molecule has 5 rings (SSSR count). The molecule has 3 aromatic heterocycles. The summed E-state index contributed by atoms with van der Waals surface area (Å²) >= 11 is 4.95. The van der Waals surface area contributed by atoms with Gasteiger partial charge in [-0.3, -0.25) is 0 Å². The molecule has 0 bridgehead atoms. The van der Waals surface area contributed by atoms with Crippen LogP contribution in [0.25, 0.3) is 37.3 Å². The first kappa shape index (κ1) is 21.2. The molecule has 0 atom stereocenters. The molecular weight excluding hydrogens is 469 g/mol. The van der Waals surface area contributed by atoms with Gasteiger partial charge in [-0.15, -0.1) is 22.7 Å². The lowest BCUT2D eigenvalue weighted by Crippen LogP contribution is -2.54. The molecule has 0 spiro atoms. The molecule has 0 aliphatic carbocycles. The Morgan fingerprint density at radius 2 is 1.75 bits per heavy atom. The number of nitrogens with zero attached hydrogens (tertiary/aromatic N) is 4. The minimum absolute atomic E-state index is 0.0716. The van der Waals surface area contributed by atoms with E-state index in [9.17, 15) is 0 Å². The van der Waals surface area contributed by atoms with Crippen molar-refractivity contribution in [1.82, 2.24) is 8.75 Å². The molecule has 0 amide bonds. The highest BCUT2D eigenvalue weighted by molar-refractivity contribution is 7.30. The van der Waals surface area contributed by atoms with E-state index in [-0.39, 0.29) is 5.57 Å². The smallest absolute Gasteiger partial charge is 0.130 e. The van der Waals surface area contributed by atoms with Crippen LogP contribution in [0.3, 0.4) is 0 Å². The number of rotatable bonds is 6. The summed E-state index contributed by atoms with van der Waals surface area (Å²) in [6.45, 7) is 4.63. The van der Waals surface area contributed by atoms with E-state index in [2.05, 4.69) is 46.2 Å². The van der Waals surface area contributed by atoms with Crippen molar-refractivity contribution in [3.63, 3.8) is 0 Å². The summed E-state index contributed by atoms with van der Waals surface area (Å²) in [6.07, 6.45) is 4.03. The van der Waals surface area contributed by atoms with Crippen LogP contribution in [0.2, 0.25) is 12.1 Å². The summed E-state index contributed by atoms with van der Waals surface area (Å²) in [5.74, 6) is 0. The number of hydrogen-bond acceptors (Lipinski definition) is 7. The van der Waals surface area contributed by atoms with Crippen molar-refractivity contribution in [2.24, 2.45) is 0 Å². The van der Waals surface area contributed by atoms with Gasteiger partial charge in [0.2, 0.25) is 0 Å². The Labute approximate surface area is 200 Å². The molecule has 32 heavy (non-hydrogen) atoms. The Hall–Kier alpha value is -2.62. The first-order valence-electron chi connectivity index (χ1n) is 10.7. The van der Waals surface area contributed by atoms with Gasteiger partial charge in [-0.25, -0.2) is 0 Å². The normalized spacial score (nSPS) is 13.4. The Kier molecular flexibility index (Phi) is 5.56. The Morgan fingerprint density at radius 1 is 1.00 bits per heavy atom. The summed E-state index contributed by atoms with van der Waals surface area (Å²) in [4.78, 5) is 4.20. The topological polar surface area (TPSA) is 73.4 Å².